The number of hydrogen-bond donors (Lipinski definition) is 1. The van der Waals surface area contributed by atoms with Gasteiger partial charge in [-0.1, -0.05) is 19.3 Å². The third-order valence-corrected chi connectivity index (χ3v) is 7.32. The molecule has 3 aromatic heterocycles. The lowest BCUT2D eigenvalue weighted by molar-refractivity contribution is -0.136. The zero-order valence-electron chi connectivity index (χ0n) is 19.0. The number of aromatic nitrogens is 5. The number of fused-ring (bicyclic) bond motifs is 1. The van der Waals surface area contributed by atoms with E-state index in [1.54, 1.807) is 0 Å². The lowest BCUT2D eigenvalue weighted by Gasteiger charge is -2.32. The standard InChI is InChI=1S/C24H32N6O2/c1-17-20(16-28-13-11-25-18(28)2)23-26-10-6-21(30(23)27-17)19-7-12-29(15-19)22(31)14-24(32)8-4-3-5-9-24/h6,10-11,13,19,32H,3-5,7-9,12,14-16H2,1-2H3/t19-/m0/s1. The van der Waals surface area contributed by atoms with E-state index in [-0.39, 0.29) is 18.2 Å². The minimum Gasteiger partial charge on any atom is -0.389 e. The van der Waals surface area contributed by atoms with Crippen LogP contribution in [0.4, 0.5) is 0 Å². The maximum Gasteiger partial charge on any atom is 0.225 e. The third-order valence-electron chi connectivity index (χ3n) is 7.32. The molecule has 5 rings (SSSR count). The number of nitrogens with zero attached hydrogens (tertiary/aromatic N) is 6. The van der Waals surface area contributed by atoms with E-state index in [1.807, 2.05) is 47.9 Å². The minimum atomic E-state index is -0.809. The van der Waals surface area contributed by atoms with Crippen LogP contribution in [0.1, 0.15) is 73.6 Å². The Labute approximate surface area is 188 Å². The van der Waals surface area contributed by atoms with Crippen LogP contribution in [-0.4, -0.2) is 58.8 Å². The molecule has 1 amide bonds. The van der Waals surface area contributed by atoms with E-state index in [4.69, 9.17) is 5.10 Å². The van der Waals surface area contributed by atoms with E-state index in [0.29, 0.717) is 13.1 Å². The highest BCUT2D eigenvalue weighted by atomic mass is 16.3. The van der Waals surface area contributed by atoms with Crippen molar-refractivity contribution in [2.45, 2.75) is 76.9 Å². The summed E-state index contributed by atoms with van der Waals surface area (Å²) in [4.78, 5) is 23.8. The fourth-order valence-electron chi connectivity index (χ4n) is 5.36. The fourth-order valence-corrected chi connectivity index (χ4v) is 5.36. The molecule has 0 unspecified atom stereocenters. The summed E-state index contributed by atoms with van der Waals surface area (Å²) in [6.45, 7) is 6.10. The number of aliphatic hydroxyl groups is 1. The zero-order chi connectivity index (χ0) is 22.3. The van der Waals surface area contributed by atoms with Crippen LogP contribution in [0.25, 0.3) is 5.65 Å². The van der Waals surface area contributed by atoms with Crippen molar-refractivity contribution in [3.63, 3.8) is 0 Å². The largest absolute Gasteiger partial charge is 0.389 e. The summed E-state index contributed by atoms with van der Waals surface area (Å²) in [5.41, 5.74) is 3.21. The van der Waals surface area contributed by atoms with E-state index < -0.39 is 5.60 Å². The Hall–Kier alpha value is -2.74. The zero-order valence-corrected chi connectivity index (χ0v) is 19.0. The van der Waals surface area contributed by atoms with Crippen molar-refractivity contribution in [2.24, 2.45) is 0 Å². The highest BCUT2D eigenvalue weighted by Crippen LogP contribution is 2.34. The molecule has 0 spiro atoms. The molecule has 0 aromatic carbocycles. The monoisotopic (exact) mass is 436 g/mol. The van der Waals surface area contributed by atoms with Gasteiger partial charge in [0, 0.05) is 43.2 Å². The van der Waals surface area contributed by atoms with E-state index >= 15 is 0 Å². The fraction of sp³-hybridized carbons (Fsp3) is 0.583. The molecular weight excluding hydrogens is 404 g/mol. The molecule has 3 aromatic rings. The van der Waals surface area contributed by atoms with Gasteiger partial charge in [0.1, 0.15) is 5.82 Å². The van der Waals surface area contributed by atoms with Crippen molar-refractivity contribution in [3.05, 3.63) is 47.4 Å². The average Bonchev–Trinajstić information content (AvgIpc) is 3.48. The van der Waals surface area contributed by atoms with Gasteiger partial charge in [0.15, 0.2) is 5.65 Å². The number of hydrogen-bond acceptors (Lipinski definition) is 5. The van der Waals surface area contributed by atoms with Crippen LogP contribution in [0, 0.1) is 13.8 Å². The Kier molecular flexibility index (Phi) is 5.49. The predicted molar refractivity (Wildman–Crippen MR) is 120 cm³/mol. The van der Waals surface area contributed by atoms with E-state index in [1.165, 1.54) is 0 Å². The van der Waals surface area contributed by atoms with Gasteiger partial charge in [-0.25, -0.2) is 14.5 Å². The Balaban J connectivity index is 1.35. The van der Waals surface area contributed by atoms with Crippen molar-refractivity contribution >= 4 is 11.6 Å². The summed E-state index contributed by atoms with van der Waals surface area (Å²) >= 11 is 0. The van der Waals surface area contributed by atoms with E-state index in [0.717, 1.165) is 73.5 Å². The Morgan fingerprint density at radius 1 is 1.19 bits per heavy atom. The smallest absolute Gasteiger partial charge is 0.225 e. The number of carbonyl (C=O) groups excluding carboxylic acids is 1. The second-order valence-electron chi connectivity index (χ2n) is 9.56. The number of carbonyl (C=O) groups is 1. The summed E-state index contributed by atoms with van der Waals surface area (Å²) < 4.78 is 4.06. The minimum absolute atomic E-state index is 0.0788. The second-order valence-corrected chi connectivity index (χ2v) is 9.56. The molecule has 8 heteroatoms. The van der Waals surface area contributed by atoms with Crippen LogP contribution >= 0.6 is 0 Å². The first-order chi connectivity index (χ1) is 15.4. The number of aryl methyl sites for hydroxylation is 2. The molecule has 2 aliphatic rings. The van der Waals surface area contributed by atoms with Gasteiger partial charge in [-0.15, -0.1) is 0 Å². The Morgan fingerprint density at radius 3 is 2.75 bits per heavy atom. The summed E-state index contributed by atoms with van der Waals surface area (Å²) in [7, 11) is 0. The van der Waals surface area contributed by atoms with Crippen LogP contribution in [0.2, 0.25) is 0 Å². The molecule has 8 nitrogen and oxygen atoms in total. The van der Waals surface area contributed by atoms with E-state index in [2.05, 4.69) is 14.5 Å². The van der Waals surface area contributed by atoms with Crippen molar-refractivity contribution < 1.29 is 9.90 Å². The second kappa shape index (κ2) is 8.31. The lowest BCUT2D eigenvalue weighted by atomic mass is 9.82. The van der Waals surface area contributed by atoms with E-state index in [9.17, 15) is 9.90 Å². The van der Waals surface area contributed by atoms with Gasteiger partial charge in [0.05, 0.1) is 30.0 Å². The average molecular weight is 437 g/mol. The van der Waals surface area contributed by atoms with Crippen LogP contribution in [0.5, 0.6) is 0 Å². The van der Waals surface area contributed by atoms with Crippen molar-refractivity contribution in [3.8, 4) is 0 Å². The Morgan fingerprint density at radius 2 is 2.00 bits per heavy atom. The van der Waals surface area contributed by atoms with Gasteiger partial charge in [0.25, 0.3) is 0 Å². The Bertz CT molecular complexity index is 1130. The molecule has 1 aliphatic heterocycles. The first kappa shape index (κ1) is 21.1. The highest BCUT2D eigenvalue weighted by molar-refractivity contribution is 5.77. The van der Waals surface area contributed by atoms with Gasteiger partial charge in [-0.05, 0) is 39.2 Å². The maximum absolute atomic E-state index is 12.9. The first-order valence-electron chi connectivity index (χ1n) is 11.7. The van der Waals surface area contributed by atoms with Crippen LogP contribution < -0.4 is 0 Å². The van der Waals surface area contributed by atoms with Crippen molar-refractivity contribution in [1.29, 1.82) is 0 Å². The molecule has 0 radical (unpaired) electrons. The lowest BCUT2D eigenvalue weighted by Crippen LogP contribution is -2.39. The molecule has 1 N–H and O–H groups in total. The van der Waals surface area contributed by atoms with Crippen molar-refractivity contribution in [2.75, 3.05) is 13.1 Å². The van der Waals surface area contributed by atoms with Gasteiger partial charge in [-0.3, -0.25) is 4.79 Å². The molecule has 1 saturated carbocycles. The molecule has 1 saturated heterocycles. The first-order valence-corrected chi connectivity index (χ1v) is 11.7. The van der Waals surface area contributed by atoms with Gasteiger partial charge >= 0.3 is 0 Å². The predicted octanol–water partition coefficient (Wildman–Crippen LogP) is 2.99. The van der Waals surface area contributed by atoms with Crippen LogP contribution in [-0.2, 0) is 11.3 Å². The molecule has 0 bridgehead atoms. The maximum atomic E-state index is 12.9. The summed E-state index contributed by atoms with van der Waals surface area (Å²) in [5.74, 6) is 1.26. The molecule has 4 heterocycles. The number of amides is 1. The topological polar surface area (TPSA) is 88.5 Å². The molecule has 1 atom stereocenters. The van der Waals surface area contributed by atoms with Crippen LogP contribution in [0.15, 0.2) is 24.7 Å². The van der Waals surface area contributed by atoms with Gasteiger partial charge < -0.3 is 14.6 Å². The molecule has 2 fully saturated rings. The quantitative estimate of drug-likeness (QED) is 0.664. The molecular formula is C24H32N6O2. The summed E-state index contributed by atoms with van der Waals surface area (Å²) in [6.07, 6.45) is 11.5. The number of likely N-dealkylation sites (tertiary alicyclic amines) is 1. The SMILES string of the molecule is Cc1nn2c([C@H]3CCN(C(=O)CC4(O)CCCCC4)C3)ccnc2c1Cn1ccnc1C. The number of imidazole rings is 1. The summed E-state index contributed by atoms with van der Waals surface area (Å²) in [6, 6.07) is 2.03. The third kappa shape index (κ3) is 3.92. The normalized spacial score (nSPS) is 20.8. The molecule has 170 valence electrons. The van der Waals surface area contributed by atoms with Gasteiger partial charge in [0.2, 0.25) is 5.91 Å². The van der Waals surface area contributed by atoms with Gasteiger partial charge in [-0.2, -0.15) is 5.10 Å². The highest BCUT2D eigenvalue weighted by Gasteiger charge is 2.36. The molecule has 1 aliphatic carbocycles. The number of rotatable bonds is 5. The van der Waals surface area contributed by atoms with Crippen LogP contribution in [0.3, 0.4) is 0 Å². The molecule has 32 heavy (non-hydrogen) atoms. The summed E-state index contributed by atoms with van der Waals surface area (Å²) in [5, 5.41) is 15.6. The van der Waals surface area contributed by atoms with Crippen molar-refractivity contribution in [1.82, 2.24) is 29.0 Å².